The Balaban J connectivity index is 1.52. The summed E-state index contributed by atoms with van der Waals surface area (Å²) in [6.07, 6.45) is -2.52. The molecule has 0 radical (unpaired) electrons. The smallest absolute Gasteiger partial charge is 0.337 e. The molecule has 1 aromatic heterocycles. The van der Waals surface area contributed by atoms with Crippen molar-refractivity contribution in [2.24, 2.45) is 0 Å². The zero-order chi connectivity index (χ0) is 37.3. The van der Waals surface area contributed by atoms with Crippen LogP contribution in [0.4, 0.5) is 26.3 Å². The van der Waals surface area contributed by atoms with Gasteiger partial charge in [-0.05, 0) is 75.6 Å². The summed E-state index contributed by atoms with van der Waals surface area (Å²) in [7, 11) is -4.02. The Morgan fingerprint density at radius 3 is 2.13 bits per heavy atom. The first-order valence-electron chi connectivity index (χ1n) is 17.3. The van der Waals surface area contributed by atoms with Gasteiger partial charge in [-0.3, -0.25) is 9.69 Å². The number of para-hydroxylation sites is 1. The number of halogens is 6. The number of hydrogen-bond donors (Lipinski definition) is 1. The molecule has 2 aliphatic rings. The number of piperidine rings is 1. The predicted molar refractivity (Wildman–Crippen MR) is 186 cm³/mol. The van der Waals surface area contributed by atoms with Gasteiger partial charge in [0.25, 0.3) is 5.91 Å². The van der Waals surface area contributed by atoms with E-state index >= 15 is 0 Å². The molecule has 14 heteroatoms. The lowest BCUT2D eigenvalue weighted by molar-refractivity contribution is -0.155. The van der Waals surface area contributed by atoms with Crippen molar-refractivity contribution < 1.29 is 39.6 Å². The third-order valence-electron chi connectivity index (χ3n) is 10.0. The quantitative estimate of drug-likeness (QED) is 0.183. The molecule has 2 saturated heterocycles. The van der Waals surface area contributed by atoms with Gasteiger partial charge in [0.15, 0.2) is 15.9 Å². The minimum atomic E-state index is -4.92. The van der Waals surface area contributed by atoms with Crippen molar-refractivity contribution in [2.45, 2.75) is 74.4 Å². The van der Waals surface area contributed by atoms with Gasteiger partial charge in [0.1, 0.15) is 0 Å². The molecule has 7 nitrogen and oxygen atoms in total. The molecule has 0 unspecified atom stereocenters. The fourth-order valence-corrected chi connectivity index (χ4v) is 8.26. The highest BCUT2D eigenvalue weighted by Gasteiger charge is 2.43. The number of benzene rings is 3. The number of carbonyl (C=O) groups excluding carboxylic acids is 1. The van der Waals surface area contributed by atoms with Gasteiger partial charge in [-0.25, -0.2) is 13.4 Å². The molecule has 1 amide bonds. The van der Waals surface area contributed by atoms with E-state index in [9.17, 15) is 39.6 Å². The Hall–Kier alpha value is -4.01. The van der Waals surface area contributed by atoms with E-state index < -0.39 is 39.7 Å². The molecule has 52 heavy (non-hydrogen) atoms. The molecule has 2 aliphatic heterocycles. The van der Waals surface area contributed by atoms with Crippen LogP contribution in [0.15, 0.2) is 77.7 Å². The van der Waals surface area contributed by atoms with Crippen LogP contribution in [0.5, 0.6) is 0 Å². The SMILES string of the molecule is CS(=O)(=O)c1cccc2c(C(=O)N[C@H](c3ccccc3)C(F)(F)F)c(CN3CCC(N4CCCCCC4)CC3)c(-c3cccc(C(F)(F)F)c3)nc12. The number of fused-ring (bicyclic) bond motifs is 1. The Labute approximate surface area is 298 Å². The van der Waals surface area contributed by atoms with Crippen molar-refractivity contribution in [3.05, 3.63) is 95.1 Å². The third-order valence-corrected chi connectivity index (χ3v) is 11.1. The molecular formula is C38H40F6N4O3S. The van der Waals surface area contributed by atoms with Gasteiger partial charge in [0.05, 0.1) is 27.2 Å². The number of aromatic nitrogens is 1. The van der Waals surface area contributed by atoms with Crippen LogP contribution in [-0.2, 0) is 22.6 Å². The summed E-state index contributed by atoms with van der Waals surface area (Å²) in [5, 5.41) is 2.11. The van der Waals surface area contributed by atoms with Crippen molar-refractivity contribution in [3.8, 4) is 11.3 Å². The largest absolute Gasteiger partial charge is 0.416 e. The first-order chi connectivity index (χ1) is 24.6. The summed E-state index contributed by atoms with van der Waals surface area (Å²) in [5.74, 6) is -1.16. The number of rotatable bonds is 8. The van der Waals surface area contributed by atoms with Crippen molar-refractivity contribution >= 4 is 26.6 Å². The Bertz CT molecular complexity index is 2010. The molecular weight excluding hydrogens is 706 g/mol. The monoisotopic (exact) mass is 746 g/mol. The highest BCUT2D eigenvalue weighted by molar-refractivity contribution is 7.91. The van der Waals surface area contributed by atoms with Crippen LogP contribution in [0.1, 0.15) is 71.6 Å². The normalized spacial score (nSPS) is 17.9. The molecule has 6 rings (SSSR count). The van der Waals surface area contributed by atoms with Crippen LogP contribution in [0, 0.1) is 0 Å². The maximum atomic E-state index is 14.6. The van der Waals surface area contributed by atoms with E-state index in [0.29, 0.717) is 19.1 Å². The topological polar surface area (TPSA) is 82.6 Å². The van der Waals surface area contributed by atoms with Gasteiger partial charge >= 0.3 is 12.4 Å². The predicted octanol–water partition coefficient (Wildman–Crippen LogP) is 8.20. The molecule has 2 fully saturated rings. The second kappa shape index (κ2) is 15.2. The summed E-state index contributed by atoms with van der Waals surface area (Å²) >= 11 is 0. The van der Waals surface area contributed by atoms with Crippen molar-refractivity contribution in [1.29, 1.82) is 0 Å². The Morgan fingerprint density at radius 2 is 1.52 bits per heavy atom. The number of sulfone groups is 1. The lowest BCUT2D eigenvalue weighted by Crippen LogP contribution is -2.45. The average Bonchev–Trinajstić information content (AvgIpc) is 3.39. The van der Waals surface area contributed by atoms with E-state index in [-0.39, 0.29) is 50.3 Å². The fourth-order valence-electron chi connectivity index (χ4n) is 7.42. The molecule has 1 N–H and O–H groups in total. The second-order valence-electron chi connectivity index (χ2n) is 13.6. The zero-order valence-electron chi connectivity index (χ0n) is 28.6. The average molecular weight is 747 g/mol. The number of likely N-dealkylation sites (tertiary alicyclic amines) is 2. The molecule has 0 spiro atoms. The molecule has 0 aliphatic carbocycles. The highest BCUT2D eigenvalue weighted by Crippen LogP contribution is 2.39. The minimum absolute atomic E-state index is 0.0187. The lowest BCUT2D eigenvalue weighted by atomic mass is 9.93. The van der Waals surface area contributed by atoms with E-state index in [1.165, 1.54) is 73.5 Å². The van der Waals surface area contributed by atoms with Crippen molar-refractivity contribution in [2.75, 3.05) is 32.4 Å². The van der Waals surface area contributed by atoms with Crippen molar-refractivity contribution in [3.63, 3.8) is 0 Å². The van der Waals surface area contributed by atoms with Gasteiger partial charge in [0.2, 0.25) is 0 Å². The van der Waals surface area contributed by atoms with E-state index in [4.69, 9.17) is 0 Å². The van der Waals surface area contributed by atoms with E-state index in [0.717, 1.165) is 57.2 Å². The molecule has 4 aromatic rings. The van der Waals surface area contributed by atoms with Crippen LogP contribution >= 0.6 is 0 Å². The molecule has 3 aromatic carbocycles. The van der Waals surface area contributed by atoms with Crippen LogP contribution in [0.2, 0.25) is 0 Å². The summed E-state index contributed by atoms with van der Waals surface area (Å²) in [5.41, 5.74) is -1.79. The van der Waals surface area contributed by atoms with Crippen LogP contribution in [-0.4, -0.2) is 73.8 Å². The van der Waals surface area contributed by atoms with Crippen LogP contribution in [0.25, 0.3) is 22.2 Å². The molecule has 1 atom stereocenters. The lowest BCUT2D eigenvalue weighted by Gasteiger charge is -2.38. The van der Waals surface area contributed by atoms with E-state index in [2.05, 4.69) is 15.2 Å². The molecule has 3 heterocycles. The zero-order valence-corrected chi connectivity index (χ0v) is 29.4. The second-order valence-corrected chi connectivity index (χ2v) is 15.6. The van der Waals surface area contributed by atoms with Gasteiger partial charge in [0, 0.05) is 35.4 Å². The van der Waals surface area contributed by atoms with E-state index in [1.54, 1.807) is 0 Å². The Morgan fingerprint density at radius 1 is 0.865 bits per heavy atom. The number of hydrogen-bond acceptors (Lipinski definition) is 6. The minimum Gasteiger partial charge on any atom is -0.337 e. The molecule has 0 bridgehead atoms. The first-order valence-corrected chi connectivity index (χ1v) is 19.2. The number of alkyl halides is 6. The van der Waals surface area contributed by atoms with Gasteiger partial charge < -0.3 is 10.2 Å². The number of carbonyl (C=O) groups is 1. The van der Waals surface area contributed by atoms with Gasteiger partial charge in [-0.15, -0.1) is 0 Å². The fraction of sp³-hybridized carbons (Fsp3) is 0.421. The Kier molecular flexibility index (Phi) is 11.0. The number of pyridine rings is 1. The van der Waals surface area contributed by atoms with Crippen LogP contribution in [0.3, 0.4) is 0 Å². The highest BCUT2D eigenvalue weighted by atomic mass is 32.2. The standard InChI is InChI=1S/C38H40F6N4O3S/c1-52(50,51)31-16-10-15-29-32(36(49)46-35(38(42,43)44)25-11-5-4-6-12-25)30(24-47-21-17-28(18-22-47)48-19-7-2-3-8-20-48)33(45-34(29)31)26-13-9-14-27(23-26)37(39,40)41/h4-6,9-16,23,28,35H,2-3,7-8,17-22,24H2,1H3,(H,46,49)/t35-/m1/s1. The molecule has 0 saturated carbocycles. The summed E-state index contributed by atoms with van der Waals surface area (Å²) in [6.45, 7) is 3.14. The number of nitrogens with zero attached hydrogens (tertiary/aromatic N) is 3. The van der Waals surface area contributed by atoms with Gasteiger partial charge in [-0.1, -0.05) is 67.4 Å². The van der Waals surface area contributed by atoms with Crippen LogP contribution < -0.4 is 5.32 Å². The van der Waals surface area contributed by atoms with E-state index in [1.807, 2.05) is 4.90 Å². The number of nitrogens with one attached hydrogen (secondary N) is 1. The maximum absolute atomic E-state index is 14.6. The summed E-state index contributed by atoms with van der Waals surface area (Å²) in [6, 6.07) is 13.0. The maximum Gasteiger partial charge on any atom is 0.416 e. The number of amides is 1. The van der Waals surface area contributed by atoms with Gasteiger partial charge in [-0.2, -0.15) is 26.3 Å². The third kappa shape index (κ3) is 8.44. The summed E-state index contributed by atoms with van der Waals surface area (Å²) in [4.78, 5) is 23.3. The first kappa shape index (κ1) is 37.7. The summed E-state index contributed by atoms with van der Waals surface area (Å²) < 4.78 is 112. The molecule has 278 valence electrons. The van der Waals surface area contributed by atoms with Crippen molar-refractivity contribution in [1.82, 2.24) is 20.1 Å².